The van der Waals surface area contributed by atoms with Gasteiger partial charge in [-0.2, -0.15) is 0 Å². The predicted molar refractivity (Wildman–Crippen MR) is 103 cm³/mol. The van der Waals surface area contributed by atoms with Gasteiger partial charge >= 0.3 is 6.03 Å². The molecule has 2 aromatic rings. The standard InChI is InChI=1S/C20H20ClN3O3/c1-3-13-6-4-9-16(10-13)22-17(25)12-24-18(26)20(2,23-19(24)27)14-7-5-8-15(21)11-14/h4-11H,3,12H2,1-2H3,(H,22,25)(H,23,27). The van der Waals surface area contributed by atoms with Crippen LogP contribution in [-0.4, -0.2) is 29.3 Å². The quantitative estimate of drug-likeness (QED) is 0.775. The van der Waals surface area contributed by atoms with Crippen LogP contribution in [0, 0.1) is 0 Å². The third-order valence-corrected chi connectivity index (χ3v) is 4.83. The lowest BCUT2D eigenvalue weighted by Crippen LogP contribution is -2.42. The van der Waals surface area contributed by atoms with E-state index in [0.717, 1.165) is 16.9 Å². The maximum atomic E-state index is 12.9. The molecule has 1 aliphatic rings. The van der Waals surface area contributed by atoms with E-state index in [0.29, 0.717) is 16.3 Å². The Balaban J connectivity index is 1.74. The Morgan fingerprint density at radius 1 is 1.19 bits per heavy atom. The van der Waals surface area contributed by atoms with Gasteiger partial charge in [-0.25, -0.2) is 4.79 Å². The molecule has 0 radical (unpaired) electrons. The van der Waals surface area contributed by atoms with E-state index in [1.54, 1.807) is 37.3 Å². The number of benzene rings is 2. The number of carbonyl (C=O) groups excluding carboxylic acids is 3. The summed E-state index contributed by atoms with van der Waals surface area (Å²) in [4.78, 5) is 38.5. The van der Waals surface area contributed by atoms with Crippen molar-refractivity contribution in [2.45, 2.75) is 25.8 Å². The largest absolute Gasteiger partial charge is 0.325 e. The van der Waals surface area contributed by atoms with Gasteiger partial charge in [-0.05, 0) is 48.7 Å². The molecule has 0 saturated carbocycles. The number of hydrogen-bond acceptors (Lipinski definition) is 3. The van der Waals surface area contributed by atoms with E-state index in [4.69, 9.17) is 11.6 Å². The molecule has 0 aliphatic carbocycles. The minimum absolute atomic E-state index is 0.364. The highest BCUT2D eigenvalue weighted by atomic mass is 35.5. The molecule has 1 saturated heterocycles. The number of amides is 4. The second-order valence-corrected chi connectivity index (χ2v) is 7.00. The fourth-order valence-corrected chi connectivity index (χ4v) is 3.24. The SMILES string of the molecule is CCc1cccc(NC(=O)CN2C(=O)NC(C)(c3cccc(Cl)c3)C2=O)c1. The Morgan fingerprint density at radius 2 is 1.93 bits per heavy atom. The van der Waals surface area contributed by atoms with Crippen LogP contribution in [0.1, 0.15) is 25.0 Å². The lowest BCUT2D eigenvalue weighted by Gasteiger charge is -2.22. The molecule has 0 aromatic heterocycles. The summed E-state index contributed by atoms with van der Waals surface area (Å²) in [5, 5.41) is 5.85. The summed E-state index contributed by atoms with van der Waals surface area (Å²) in [6, 6.07) is 13.5. The second-order valence-electron chi connectivity index (χ2n) is 6.56. The molecule has 1 unspecified atom stereocenters. The van der Waals surface area contributed by atoms with Crippen molar-refractivity contribution in [3.63, 3.8) is 0 Å². The topological polar surface area (TPSA) is 78.5 Å². The first-order valence-electron chi connectivity index (χ1n) is 8.62. The predicted octanol–water partition coefficient (Wildman–Crippen LogP) is 3.31. The number of hydrogen-bond donors (Lipinski definition) is 2. The molecule has 140 valence electrons. The van der Waals surface area contributed by atoms with Gasteiger partial charge in [0, 0.05) is 10.7 Å². The van der Waals surface area contributed by atoms with E-state index >= 15 is 0 Å². The number of nitrogens with zero attached hydrogens (tertiary/aromatic N) is 1. The molecule has 0 spiro atoms. The zero-order valence-corrected chi connectivity index (χ0v) is 15.8. The number of anilines is 1. The van der Waals surface area contributed by atoms with Crippen LogP contribution in [0.15, 0.2) is 48.5 Å². The van der Waals surface area contributed by atoms with Crippen LogP contribution in [-0.2, 0) is 21.5 Å². The third kappa shape index (κ3) is 3.80. The highest BCUT2D eigenvalue weighted by Crippen LogP contribution is 2.30. The molecule has 4 amide bonds. The summed E-state index contributed by atoms with van der Waals surface area (Å²) in [5.74, 6) is -0.936. The highest BCUT2D eigenvalue weighted by Gasteiger charge is 2.49. The van der Waals surface area contributed by atoms with Crippen LogP contribution in [0.5, 0.6) is 0 Å². The summed E-state index contributed by atoms with van der Waals surface area (Å²) >= 11 is 6.00. The van der Waals surface area contributed by atoms with Gasteiger partial charge in [0.15, 0.2) is 0 Å². The van der Waals surface area contributed by atoms with E-state index in [2.05, 4.69) is 10.6 Å². The van der Waals surface area contributed by atoms with Crippen LogP contribution in [0.25, 0.3) is 0 Å². The first-order chi connectivity index (χ1) is 12.8. The molecule has 1 fully saturated rings. The number of nitrogens with one attached hydrogen (secondary N) is 2. The molecule has 2 aromatic carbocycles. The Morgan fingerprint density at radius 3 is 2.63 bits per heavy atom. The number of urea groups is 1. The van der Waals surface area contributed by atoms with Gasteiger partial charge in [0.25, 0.3) is 5.91 Å². The molecular weight excluding hydrogens is 366 g/mol. The average molecular weight is 386 g/mol. The third-order valence-electron chi connectivity index (χ3n) is 4.60. The summed E-state index contributed by atoms with van der Waals surface area (Å²) in [7, 11) is 0. The number of carbonyl (C=O) groups is 3. The first kappa shape index (κ1) is 18.9. The average Bonchev–Trinajstić information content (AvgIpc) is 2.86. The molecule has 6 nitrogen and oxygen atoms in total. The fraction of sp³-hybridized carbons (Fsp3) is 0.250. The van der Waals surface area contributed by atoms with E-state index in [1.165, 1.54) is 0 Å². The summed E-state index contributed by atoms with van der Waals surface area (Å²) < 4.78 is 0. The smallest absolute Gasteiger partial charge is 0.325 e. The highest BCUT2D eigenvalue weighted by molar-refractivity contribution is 6.30. The zero-order valence-electron chi connectivity index (χ0n) is 15.1. The molecule has 3 rings (SSSR count). The van der Waals surface area contributed by atoms with Gasteiger partial charge < -0.3 is 10.6 Å². The van der Waals surface area contributed by atoms with Crippen molar-refractivity contribution in [2.24, 2.45) is 0 Å². The van der Waals surface area contributed by atoms with Gasteiger partial charge in [-0.15, -0.1) is 0 Å². The van der Waals surface area contributed by atoms with Crippen molar-refractivity contribution < 1.29 is 14.4 Å². The number of imide groups is 1. The molecule has 2 N–H and O–H groups in total. The van der Waals surface area contributed by atoms with Gasteiger partial charge in [-0.3, -0.25) is 14.5 Å². The number of halogens is 1. The maximum absolute atomic E-state index is 12.9. The first-order valence-corrected chi connectivity index (χ1v) is 9.00. The van der Waals surface area contributed by atoms with E-state index in [9.17, 15) is 14.4 Å². The van der Waals surface area contributed by atoms with E-state index in [-0.39, 0.29) is 6.54 Å². The number of rotatable bonds is 5. The van der Waals surface area contributed by atoms with Crippen LogP contribution in [0.3, 0.4) is 0 Å². The molecular formula is C20H20ClN3O3. The fourth-order valence-electron chi connectivity index (χ4n) is 3.05. The molecule has 27 heavy (non-hydrogen) atoms. The molecule has 7 heteroatoms. The van der Waals surface area contributed by atoms with Crippen molar-refractivity contribution in [3.05, 3.63) is 64.7 Å². The van der Waals surface area contributed by atoms with Gasteiger partial charge in [-0.1, -0.05) is 42.8 Å². The molecule has 1 aliphatic heterocycles. The minimum Gasteiger partial charge on any atom is -0.325 e. The van der Waals surface area contributed by atoms with Crippen LogP contribution in [0.4, 0.5) is 10.5 Å². The second kappa shape index (κ2) is 7.40. The Hall–Kier alpha value is -2.86. The Bertz CT molecular complexity index is 915. The van der Waals surface area contributed by atoms with Crippen molar-refractivity contribution in [1.82, 2.24) is 10.2 Å². The van der Waals surface area contributed by atoms with Crippen molar-refractivity contribution in [2.75, 3.05) is 11.9 Å². The van der Waals surface area contributed by atoms with Crippen molar-refractivity contribution >= 4 is 35.1 Å². The number of aryl methyl sites for hydroxylation is 1. The van der Waals surface area contributed by atoms with Crippen LogP contribution < -0.4 is 10.6 Å². The molecule has 0 bridgehead atoms. The molecule has 1 heterocycles. The Labute approximate surface area is 162 Å². The van der Waals surface area contributed by atoms with E-state index < -0.39 is 23.4 Å². The van der Waals surface area contributed by atoms with Gasteiger partial charge in [0.05, 0.1) is 0 Å². The summed E-state index contributed by atoms with van der Waals surface area (Å²) in [6.07, 6.45) is 0.842. The lowest BCUT2D eigenvalue weighted by molar-refractivity contribution is -0.133. The van der Waals surface area contributed by atoms with Crippen molar-refractivity contribution in [3.8, 4) is 0 Å². The summed E-state index contributed by atoms with van der Waals surface area (Å²) in [5.41, 5.74) is 1.01. The normalized spacial score (nSPS) is 19.1. The molecule has 1 atom stereocenters. The monoisotopic (exact) mass is 385 g/mol. The minimum atomic E-state index is -1.26. The van der Waals surface area contributed by atoms with E-state index in [1.807, 2.05) is 25.1 Å². The van der Waals surface area contributed by atoms with Gasteiger partial charge in [0.2, 0.25) is 5.91 Å². The lowest BCUT2D eigenvalue weighted by atomic mass is 9.92. The summed E-state index contributed by atoms with van der Waals surface area (Å²) in [6.45, 7) is 3.25. The maximum Gasteiger partial charge on any atom is 0.325 e. The van der Waals surface area contributed by atoms with Crippen molar-refractivity contribution in [1.29, 1.82) is 0 Å². The van der Waals surface area contributed by atoms with Crippen LogP contribution in [0.2, 0.25) is 5.02 Å². The Kier molecular flexibility index (Phi) is 5.19. The van der Waals surface area contributed by atoms with Crippen LogP contribution >= 0.6 is 11.6 Å². The zero-order chi connectivity index (χ0) is 19.6. The van der Waals surface area contributed by atoms with Gasteiger partial charge in [0.1, 0.15) is 12.1 Å².